The molecule has 1 aromatic heterocycles. The van der Waals surface area contributed by atoms with Crippen molar-refractivity contribution in [3.05, 3.63) is 24.3 Å². The Balaban J connectivity index is 2.63. The molecule has 0 saturated heterocycles. The smallest absolute Gasteiger partial charge is 0.115 e. The summed E-state index contributed by atoms with van der Waals surface area (Å²) in [5.74, 6) is 0. The summed E-state index contributed by atoms with van der Waals surface area (Å²) in [5, 5.41) is 3.42. The summed E-state index contributed by atoms with van der Waals surface area (Å²) in [4.78, 5) is 8.07. The maximum absolute atomic E-state index is 5.68. The van der Waals surface area contributed by atoms with E-state index in [9.17, 15) is 0 Å². The van der Waals surface area contributed by atoms with Gasteiger partial charge < -0.3 is 11.1 Å². The van der Waals surface area contributed by atoms with Crippen molar-refractivity contribution >= 4 is 0 Å². The van der Waals surface area contributed by atoms with Crippen molar-refractivity contribution in [2.45, 2.75) is 32.4 Å². The van der Waals surface area contributed by atoms with Crippen LogP contribution in [0.2, 0.25) is 0 Å². The molecule has 0 spiro atoms. The van der Waals surface area contributed by atoms with Crippen LogP contribution in [-0.4, -0.2) is 22.6 Å². The van der Waals surface area contributed by atoms with E-state index in [1.807, 2.05) is 6.07 Å². The lowest BCUT2D eigenvalue weighted by molar-refractivity contribution is 0.444. The Bertz CT molecular complexity index is 250. The van der Waals surface area contributed by atoms with Gasteiger partial charge in [-0.2, -0.15) is 0 Å². The minimum atomic E-state index is 0.132. The topological polar surface area (TPSA) is 63.8 Å². The van der Waals surface area contributed by atoms with Gasteiger partial charge in [0.2, 0.25) is 0 Å². The minimum absolute atomic E-state index is 0.132. The van der Waals surface area contributed by atoms with Crippen LogP contribution in [0.25, 0.3) is 0 Å². The molecule has 0 bridgehead atoms. The second kappa shape index (κ2) is 5.67. The monoisotopic (exact) mass is 194 g/mol. The van der Waals surface area contributed by atoms with E-state index in [4.69, 9.17) is 5.73 Å². The van der Waals surface area contributed by atoms with Crippen LogP contribution in [0.15, 0.2) is 18.6 Å². The summed E-state index contributed by atoms with van der Waals surface area (Å²) < 4.78 is 0. The summed E-state index contributed by atoms with van der Waals surface area (Å²) in [6.45, 7) is 4.84. The summed E-state index contributed by atoms with van der Waals surface area (Å²) in [5.41, 5.74) is 6.65. The highest BCUT2D eigenvalue weighted by Gasteiger charge is 2.12. The lowest BCUT2D eigenvalue weighted by atomic mass is 10.1. The molecule has 0 aliphatic rings. The van der Waals surface area contributed by atoms with Crippen LogP contribution < -0.4 is 11.1 Å². The third-order valence-corrected chi connectivity index (χ3v) is 2.30. The normalized spacial score (nSPS) is 15.1. The van der Waals surface area contributed by atoms with Gasteiger partial charge >= 0.3 is 0 Å². The molecule has 1 rings (SSSR count). The quantitative estimate of drug-likeness (QED) is 0.730. The second-order valence-electron chi connectivity index (χ2n) is 3.40. The molecule has 14 heavy (non-hydrogen) atoms. The summed E-state index contributed by atoms with van der Waals surface area (Å²) in [7, 11) is 0. The van der Waals surface area contributed by atoms with Gasteiger partial charge in [-0.1, -0.05) is 6.92 Å². The molecular weight excluding hydrogens is 176 g/mol. The SMILES string of the molecule is CCC(C)NC(CN)c1ccncn1. The van der Waals surface area contributed by atoms with Crippen LogP contribution in [0.1, 0.15) is 32.0 Å². The van der Waals surface area contributed by atoms with Crippen molar-refractivity contribution < 1.29 is 0 Å². The molecule has 0 amide bonds. The zero-order valence-corrected chi connectivity index (χ0v) is 8.77. The first-order valence-electron chi connectivity index (χ1n) is 5.00. The Morgan fingerprint density at radius 1 is 1.57 bits per heavy atom. The number of nitrogens with zero attached hydrogens (tertiary/aromatic N) is 2. The first-order valence-corrected chi connectivity index (χ1v) is 5.00. The Hall–Kier alpha value is -1.00. The Morgan fingerprint density at radius 3 is 2.86 bits per heavy atom. The molecule has 0 aromatic carbocycles. The van der Waals surface area contributed by atoms with Crippen molar-refractivity contribution in [2.75, 3.05) is 6.54 Å². The van der Waals surface area contributed by atoms with Crippen LogP contribution >= 0.6 is 0 Å². The third kappa shape index (κ3) is 3.05. The van der Waals surface area contributed by atoms with E-state index < -0.39 is 0 Å². The maximum atomic E-state index is 5.68. The first kappa shape index (κ1) is 11.1. The van der Waals surface area contributed by atoms with Gasteiger partial charge in [-0.15, -0.1) is 0 Å². The summed E-state index contributed by atoms with van der Waals surface area (Å²) >= 11 is 0. The fourth-order valence-corrected chi connectivity index (χ4v) is 1.24. The van der Waals surface area contributed by atoms with Gasteiger partial charge in [-0.05, 0) is 19.4 Å². The lowest BCUT2D eigenvalue weighted by Crippen LogP contribution is -2.35. The standard InChI is InChI=1S/C10H18N4/c1-3-8(2)14-10(6-11)9-4-5-12-7-13-9/h4-5,7-8,10,14H,3,6,11H2,1-2H3. The van der Waals surface area contributed by atoms with Crippen LogP contribution in [0.3, 0.4) is 0 Å². The molecule has 0 aliphatic heterocycles. The fourth-order valence-electron chi connectivity index (χ4n) is 1.24. The van der Waals surface area contributed by atoms with E-state index in [1.165, 1.54) is 0 Å². The second-order valence-corrected chi connectivity index (χ2v) is 3.40. The predicted molar refractivity (Wildman–Crippen MR) is 56.7 cm³/mol. The number of nitrogens with two attached hydrogens (primary N) is 1. The van der Waals surface area contributed by atoms with Crippen LogP contribution in [0, 0.1) is 0 Å². The maximum Gasteiger partial charge on any atom is 0.115 e. The zero-order chi connectivity index (χ0) is 10.4. The lowest BCUT2D eigenvalue weighted by Gasteiger charge is -2.20. The minimum Gasteiger partial charge on any atom is -0.329 e. The first-order chi connectivity index (χ1) is 6.77. The Morgan fingerprint density at radius 2 is 2.36 bits per heavy atom. The zero-order valence-electron chi connectivity index (χ0n) is 8.77. The average Bonchev–Trinajstić information content (AvgIpc) is 2.26. The van der Waals surface area contributed by atoms with E-state index >= 15 is 0 Å². The van der Waals surface area contributed by atoms with Gasteiger partial charge in [0.1, 0.15) is 6.33 Å². The molecule has 3 N–H and O–H groups in total. The van der Waals surface area contributed by atoms with E-state index in [-0.39, 0.29) is 6.04 Å². The summed E-state index contributed by atoms with van der Waals surface area (Å²) in [6, 6.07) is 2.49. The van der Waals surface area contributed by atoms with Gasteiger partial charge in [0, 0.05) is 18.8 Å². The van der Waals surface area contributed by atoms with E-state index in [1.54, 1.807) is 12.5 Å². The molecule has 0 aliphatic carbocycles. The predicted octanol–water partition coefficient (Wildman–Crippen LogP) is 0.864. The molecule has 4 heteroatoms. The van der Waals surface area contributed by atoms with E-state index in [0.717, 1.165) is 12.1 Å². The van der Waals surface area contributed by atoms with E-state index in [2.05, 4.69) is 29.1 Å². The molecule has 2 unspecified atom stereocenters. The summed E-state index contributed by atoms with van der Waals surface area (Å²) in [6.07, 6.45) is 4.38. The van der Waals surface area contributed by atoms with Crippen molar-refractivity contribution in [1.29, 1.82) is 0 Å². The highest BCUT2D eigenvalue weighted by atomic mass is 15.0. The number of nitrogens with one attached hydrogen (secondary N) is 1. The highest BCUT2D eigenvalue weighted by Crippen LogP contribution is 2.08. The van der Waals surface area contributed by atoms with Gasteiger partial charge in [0.15, 0.2) is 0 Å². The Labute approximate surface area is 85.0 Å². The van der Waals surface area contributed by atoms with Crippen LogP contribution in [0.5, 0.6) is 0 Å². The molecule has 0 saturated carbocycles. The molecular formula is C10H18N4. The number of rotatable bonds is 5. The molecule has 0 radical (unpaired) electrons. The molecule has 78 valence electrons. The van der Waals surface area contributed by atoms with Gasteiger partial charge in [-0.25, -0.2) is 9.97 Å². The average molecular weight is 194 g/mol. The fraction of sp³-hybridized carbons (Fsp3) is 0.600. The van der Waals surface area contributed by atoms with Gasteiger partial charge in [-0.3, -0.25) is 0 Å². The van der Waals surface area contributed by atoms with Crippen LogP contribution in [-0.2, 0) is 0 Å². The van der Waals surface area contributed by atoms with E-state index in [0.29, 0.717) is 12.6 Å². The molecule has 1 heterocycles. The largest absolute Gasteiger partial charge is 0.329 e. The van der Waals surface area contributed by atoms with Crippen molar-refractivity contribution in [2.24, 2.45) is 5.73 Å². The number of aromatic nitrogens is 2. The van der Waals surface area contributed by atoms with Crippen molar-refractivity contribution in [1.82, 2.24) is 15.3 Å². The molecule has 2 atom stereocenters. The molecule has 4 nitrogen and oxygen atoms in total. The van der Waals surface area contributed by atoms with Gasteiger partial charge in [0.05, 0.1) is 11.7 Å². The van der Waals surface area contributed by atoms with Gasteiger partial charge in [0.25, 0.3) is 0 Å². The Kier molecular flexibility index (Phi) is 4.49. The van der Waals surface area contributed by atoms with Crippen LogP contribution in [0.4, 0.5) is 0 Å². The third-order valence-electron chi connectivity index (χ3n) is 2.30. The van der Waals surface area contributed by atoms with Crippen molar-refractivity contribution in [3.63, 3.8) is 0 Å². The number of hydrogen-bond donors (Lipinski definition) is 2. The molecule has 1 aromatic rings. The van der Waals surface area contributed by atoms with Crippen molar-refractivity contribution in [3.8, 4) is 0 Å². The number of hydrogen-bond acceptors (Lipinski definition) is 4. The highest BCUT2D eigenvalue weighted by molar-refractivity contribution is 5.05. The molecule has 0 fully saturated rings.